The molecule has 1 amide bonds. The van der Waals surface area contributed by atoms with E-state index in [-0.39, 0.29) is 29.7 Å². The Hall–Kier alpha value is -1.32. The summed E-state index contributed by atoms with van der Waals surface area (Å²) in [6.07, 6.45) is 2.13. The molecule has 1 aliphatic carbocycles. The van der Waals surface area contributed by atoms with Crippen molar-refractivity contribution in [3.05, 3.63) is 11.6 Å². The Balaban J connectivity index is 2.54. The van der Waals surface area contributed by atoms with Crippen molar-refractivity contribution in [2.75, 3.05) is 13.7 Å². The molecule has 1 saturated carbocycles. The lowest BCUT2D eigenvalue weighted by atomic mass is 10.1. The second-order valence-corrected chi connectivity index (χ2v) is 5.36. The van der Waals surface area contributed by atoms with Gasteiger partial charge in [0.25, 0.3) is 0 Å². The zero-order valence-corrected chi connectivity index (χ0v) is 11.2. The summed E-state index contributed by atoms with van der Waals surface area (Å²) >= 11 is 0. The van der Waals surface area contributed by atoms with E-state index in [4.69, 9.17) is 0 Å². The number of nitrogens with one attached hydrogen (secondary N) is 1. The number of allylic oxidation sites excluding steroid dienone is 2. The van der Waals surface area contributed by atoms with Crippen molar-refractivity contribution in [2.45, 2.75) is 27.7 Å². The summed E-state index contributed by atoms with van der Waals surface area (Å²) in [4.78, 5) is 22.8. The fraction of sp³-hybridized carbons (Fsp3) is 0.692. The normalized spacial score (nSPS) is 24.8. The van der Waals surface area contributed by atoms with Gasteiger partial charge in [-0.05, 0) is 25.2 Å². The molecule has 0 aromatic carbocycles. The van der Waals surface area contributed by atoms with E-state index in [1.54, 1.807) is 0 Å². The van der Waals surface area contributed by atoms with Gasteiger partial charge in [-0.3, -0.25) is 9.59 Å². The van der Waals surface area contributed by atoms with Crippen molar-refractivity contribution in [1.82, 2.24) is 5.32 Å². The number of hydrogen-bond donors (Lipinski definition) is 1. The van der Waals surface area contributed by atoms with Gasteiger partial charge < -0.3 is 10.1 Å². The molecule has 1 N–H and O–H groups in total. The molecular formula is C13H21NO3. The van der Waals surface area contributed by atoms with E-state index in [0.29, 0.717) is 0 Å². The molecule has 0 aromatic heterocycles. The van der Waals surface area contributed by atoms with Gasteiger partial charge in [0.05, 0.1) is 13.0 Å². The highest BCUT2D eigenvalue weighted by molar-refractivity contribution is 5.86. The number of carbonyl (C=O) groups excluding carboxylic acids is 2. The summed E-state index contributed by atoms with van der Waals surface area (Å²) in [5.41, 5.74) is 1.20. The number of hydrogen-bond acceptors (Lipinski definition) is 3. The van der Waals surface area contributed by atoms with Crippen LogP contribution in [0.1, 0.15) is 27.7 Å². The summed E-state index contributed by atoms with van der Waals surface area (Å²) in [6.45, 7) is 8.14. The zero-order chi connectivity index (χ0) is 13.2. The molecule has 1 aliphatic rings. The second kappa shape index (κ2) is 4.90. The Morgan fingerprint density at radius 1 is 1.35 bits per heavy atom. The van der Waals surface area contributed by atoms with E-state index in [1.165, 1.54) is 12.7 Å². The lowest BCUT2D eigenvalue weighted by Crippen LogP contribution is -2.32. The van der Waals surface area contributed by atoms with Crippen molar-refractivity contribution in [2.24, 2.45) is 17.3 Å². The van der Waals surface area contributed by atoms with Crippen LogP contribution in [0, 0.1) is 17.3 Å². The van der Waals surface area contributed by atoms with Gasteiger partial charge in [0.2, 0.25) is 5.91 Å². The monoisotopic (exact) mass is 239 g/mol. The first-order valence-corrected chi connectivity index (χ1v) is 5.80. The molecule has 1 fully saturated rings. The van der Waals surface area contributed by atoms with Gasteiger partial charge in [-0.1, -0.05) is 25.5 Å². The van der Waals surface area contributed by atoms with E-state index >= 15 is 0 Å². The third-order valence-electron chi connectivity index (χ3n) is 3.34. The molecular weight excluding hydrogens is 218 g/mol. The minimum absolute atomic E-state index is 0.0164. The number of methoxy groups -OCH3 is 1. The minimum atomic E-state index is -0.421. The Morgan fingerprint density at radius 3 is 2.41 bits per heavy atom. The topological polar surface area (TPSA) is 55.4 Å². The van der Waals surface area contributed by atoms with Gasteiger partial charge in [0.15, 0.2) is 0 Å². The maximum absolute atomic E-state index is 11.9. The number of rotatable bonds is 4. The van der Waals surface area contributed by atoms with Crippen molar-refractivity contribution < 1.29 is 14.3 Å². The van der Waals surface area contributed by atoms with Gasteiger partial charge in [-0.15, -0.1) is 0 Å². The number of ether oxygens (including phenoxy) is 1. The van der Waals surface area contributed by atoms with E-state index in [1.807, 2.05) is 13.8 Å². The summed E-state index contributed by atoms with van der Waals surface area (Å²) in [5, 5.41) is 2.61. The standard InChI is InChI=1S/C13H21NO3/c1-8(2)6-9-11(13(9,3)4)12(16)14-7-10(15)17-5/h6,9,11H,7H2,1-5H3,(H,14,16). The third-order valence-corrected chi connectivity index (χ3v) is 3.34. The summed E-state index contributed by atoms with van der Waals surface area (Å²) < 4.78 is 4.48. The molecule has 0 bridgehead atoms. The molecule has 4 heteroatoms. The van der Waals surface area contributed by atoms with Crippen LogP contribution in [0.4, 0.5) is 0 Å². The average molecular weight is 239 g/mol. The first-order chi connectivity index (χ1) is 7.80. The average Bonchev–Trinajstić information content (AvgIpc) is 2.75. The lowest BCUT2D eigenvalue weighted by Gasteiger charge is -2.04. The van der Waals surface area contributed by atoms with E-state index in [0.717, 1.165) is 0 Å². The molecule has 0 aromatic rings. The summed E-state index contributed by atoms with van der Waals surface area (Å²) in [5.74, 6) is -0.259. The summed E-state index contributed by atoms with van der Waals surface area (Å²) in [7, 11) is 1.31. The van der Waals surface area contributed by atoms with E-state index in [2.05, 4.69) is 30.0 Å². The summed E-state index contributed by atoms with van der Waals surface area (Å²) in [6, 6.07) is 0. The maximum Gasteiger partial charge on any atom is 0.325 e. The third kappa shape index (κ3) is 3.08. The number of esters is 1. The minimum Gasteiger partial charge on any atom is -0.468 e. The Morgan fingerprint density at radius 2 is 1.94 bits per heavy atom. The smallest absolute Gasteiger partial charge is 0.325 e. The Labute approximate surface area is 102 Å². The zero-order valence-electron chi connectivity index (χ0n) is 11.2. The maximum atomic E-state index is 11.9. The van der Waals surface area contributed by atoms with Crippen LogP contribution in [-0.2, 0) is 14.3 Å². The van der Waals surface area contributed by atoms with Crippen LogP contribution in [0.25, 0.3) is 0 Å². The first-order valence-electron chi connectivity index (χ1n) is 5.80. The van der Waals surface area contributed by atoms with Gasteiger partial charge in [-0.2, -0.15) is 0 Å². The molecule has 0 radical (unpaired) electrons. The fourth-order valence-electron chi connectivity index (χ4n) is 2.19. The predicted octanol–water partition coefficient (Wildman–Crippen LogP) is 1.51. The van der Waals surface area contributed by atoms with Crippen molar-refractivity contribution in [3.63, 3.8) is 0 Å². The van der Waals surface area contributed by atoms with Crippen LogP contribution >= 0.6 is 0 Å². The van der Waals surface area contributed by atoms with E-state index < -0.39 is 5.97 Å². The first kappa shape index (κ1) is 13.7. The van der Waals surface area contributed by atoms with Gasteiger partial charge in [0, 0.05) is 0 Å². The molecule has 0 saturated heterocycles. The van der Waals surface area contributed by atoms with Gasteiger partial charge in [0.1, 0.15) is 6.54 Å². The van der Waals surface area contributed by atoms with Crippen molar-refractivity contribution in [3.8, 4) is 0 Å². The lowest BCUT2D eigenvalue weighted by molar-refractivity contribution is -0.141. The molecule has 96 valence electrons. The van der Waals surface area contributed by atoms with Crippen molar-refractivity contribution in [1.29, 1.82) is 0 Å². The van der Waals surface area contributed by atoms with Crippen LogP contribution in [0.15, 0.2) is 11.6 Å². The van der Waals surface area contributed by atoms with Crippen molar-refractivity contribution >= 4 is 11.9 Å². The van der Waals surface area contributed by atoms with Crippen LogP contribution in [0.2, 0.25) is 0 Å². The largest absolute Gasteiger partial charge is 0.468 e. The fourth-order valence-corrected chi connectivity index (χ4v) is 2.19. The molecule has 2 atom stereocenters. The van der Waals surface area contributed by atoms with Crippen LogP contribution < -0.4 is 5.32 Å². The highest BCUT2D eigenvalue weighted by atomic mass is 16.5. The second-order valence-electron chi connectivity index (χ2n) is 5.36. The quantitative estimate of drug-likeness (QED) is 0.597. The Kier molecular flexibility index (Phi) is 3.96. The molecule has 4 nitrogen and oxygen atoms in total. The molecule has 0 heterocycles. The Bertz CT molecular complexity index is 354. The van der Waals surface area contributed by atoms with Gasteiger partial charge >= 0.3 is 5.97 Å². The molecule has 1 rings (SSSR count). The van der Waals surface area contributed by atoms with Crippen LogP contribution in [-0.4, -0.2) is 25.5 Å². The van der Waals surface area contributed by atoms with Crippen LogP contribution in [0.5, 0.6) is 0 Å². The highest BCUT2D eigenvalue weighted by Crippen LogP contribution is 2.59. The SMILES string of the molecule is COC(=O)CNC(=O)C1C(C=C(C)C)C1(C)C. The molecule has 0 aliphatic heterocycles. The molecule has 17 heavy (non-hydrogen) atoms. The van der Waals surface area contributed by atoms with Crippen LogP contribution in [0.3, 0.4) is 0 Å². The number of carbonyl (C=O) groups is 2. The predicted molar refractivity (Wildman–Crippen MR) is 65.2 cm³/mol. The van der Waals surface area contributed by atoms with E-state index in [9.17, 15) is 9.59 Å². The number of amides is 1. The highest BCUT2D eigenvalue weighted by Gasteiger charge is 2.60. The molecule has 2 unspecified atom stereocenters. The van der Waals surface area contributed by atoms with Gasteiger partial charge in [-0.25, -0.2) is 0 Å². The molecule has 0 spiro atoms.